The predicted octanol–water partition coefficient (Wildman–Crippen LogP) is 2.99. The molecule has 1 saturated carbocycles. The van der Waals surface area contributed by atoms with Crippen molar-refractivity contribution in [3.8, 4) is 0 Å². The number of aromatic nitrogens is 2. The van der Waals surface area contributed by atoms with Gasteiger partial charge in [-0.2, -0.15) is 5.10 Å². The van der Waals surface area contributed by atoms with Crippen molar-refractivity contribution < 1.29 is 5.11 Å². The zero-order chi connectivity index (χ0) is 13.2. The van der Waals surface area contributed by atoms with Crippen LogP contribution in [0.3, 0.4) is 0 Å². The van der Waals surface area contributed by atoms with E-state index in [4.69, 9.17) is 0 Å². The Hall–Kier alpha value is -0.830. The highest BCUT2D eigenvalue weighted by molar-refractivity contribution is 5.11. The highest BCUT2D eigenvalue weighted by Crippen LogP contribution is 2.34. The first-order valence-electron chi connectivity index (χ1n) is 7.24. The maximum atomic E-state index is 10.8. The molecule has 0 aromatic carbocycles. The van der Waals surface area contributed by atoms with Gasteiger partial charge in [0, 0.05) is 19.2 Å². The smallest absolute Gasteiger partial charge is 0.0703 e. The molecular weight excluding hydrogens is 224 g/mol. The summed E-state index contributed by atoms with van der Waals surface area (Å²) in [4.78, 5) is 0. The van der Waals surface area contributed by atoms with Crippen LogP contribution in [0.25, 0.3) is 0 Å². The summed E-state index contributed by atoms with van der Waals surface area (Å²) in [5.41, 5.74) is 1.69. The van der Waals surface area contributed by atoms with Gasteiger partial charge < -0.3 is 5.11 Å². The molecule has 2 unspecified atom stereocenters. The lowest BCUT2D eigenvalue weighted by molar-refractivity contribution is 0.0224. The maximum Gasteiger partial charge on any atom is 0.0703 e. The SMILES string of the molecule is CCC1CCCC(O)(Cc2cc(C)nn2C)CC1. The van der Waals surface area contributed by atoms with Crippen LogP contribution < -0.4 is 0 Å². The van der Waals surface area contributed by atoms with Gasteiger partial charge in [0.15, 0.2) is 0 Å². The minimum atomic E-state index is -0.510. The summed E-state index contributed by atoms with van der Waals surface area (Å²) in [6.45, 7) is 4.27. The average molecular weight is 250 g/mol. The van der Waals surface area contributed by atoms with Crippen LogP contribution >= 0.6 is 0 Å². The van der Waals surface area contributed by atoms with Crippen molar-refractivity contribution in [3.63, 3.8) is 0 Å². The summed E-state index contributed by atoms with van der Waals surface area (Å²) >= 11 is 0. The molecule has 0 amide bonds. The van der Waals surface area contributed by atoms with E-state index in [1.165, 1.54) is 19.3 Å². The molecule has 1 N–H and O–H groups in total. The molecule has 3 nitrogen and oxygen atoms in total. The van der Waals surface area contributed by atoms with Gasteiger partial charge in [-0.05, 0) is 38.2 Å². The van der Waals surface area contributed by atoms with Crippen LogP contribution in [0.5, 0.6) is 0 Å². The lowest BCUT2D eigenvalue weighted by atomic mass is 9.88. The Morgan fingerprint density at radius 1 is 1.44 bits per heavy atom. The number of aliphatic hydroxyl groups is 1. The number of rotatable bonds is 3. The fraction of sp³-hybridized carbons (Fsp3) is 0.800. The van der Waals surface area contributed by atoms with Crippen molar-refractivity contribution in [2.24, 2.45) is 13.0 Å². The number of hydrogen-bond acceptors (Lipinski definition) is 2. The van der Waals surface area contributed by atoms with Crippen LogP contribution in [-0.2, 0) is 13.5 Å². The van der Waals surface area contributed by atoms with Gasteiger partial charge in [-0.25, -0.2) is 0 Å². The van der Waals surface area contributed by atoms with Crippen molar-refractivity contribution in [2.45, 2.75) is 64.4 Å². The monoisotopic (exact) mass is 250 g/mol. The van der Waals surface area contributed by atoms with E-state index in [1.54, 1.807) is 0 Å². The molecule has 102 valence electrons. The van der Waals surface area contributed by atoms with Crippen molar-refractivity contribution in [1.82, 2.24) is 9.78 Å². The van der Waals surface area contributed by atoms with E-state index in [2.05, 4.69) is 18.1 Å². The third-order valence-corrected chi connectivity index (χ3v) is 4.46. The molecule has 0 aliphatic heterocycles. The van der Waals surface area contributed by atoms with Gasteiger partial charge in [0.1, 0.15) is 0 Å². The quantitative estimate of drug-likeness (QED) is 0.837. The first kappa shape index (κ1) is 13.6. The van der Waals surface area contributed by atoms with E-state index in [0.717, 1.165) is 43.0 Å². The zero-order valence-corrected chi connectivity index (χ0v) is 11.9. The van der Waals surface area contributed by atoms with Crippen molar-refractivity contribution in [2.75, 3.05) is 0 Å². The molecule has 1 aromatic heterocycles. The van der Waals surface area contributed by atoms with Crippen LogP contribution in [0.15, 0.2) is 6.07 Å². The largest absolute Gasteiger partial charge is 0.389 e. The minimum Gasteiger partial charge on any atom is -0.389 e. The molecule has 2 atom stereocenters. The van der Waals surface area contributed by atoms with Gasteiger partial charge in [-0.3, -0.25) is 4.68 Å². The minimum absolute atomic E-state index is 0.510. The lowest BCUT2D eigenvalue weighted by Gasteiger charge is -2.26. The molecular formula is C15H26N2O. The molecule has 1 fully saturated rings. The molecule has 0 radical (unpaired) electrons. The van der Waals surface area contributed by atoms with Crippen LogP contribution in [0.1, 0.15) is 56.8 Å². The van der Waals surface area contributed by atoms with Crippen molar-refractivity contribution in [3.05, 3.63) is 17.5 Å². The van der Waals surface area contributed by atoms with E-state index in [0.29, 0.717) is 0 Å². The summed E-state index contributed by atoms with van der Waals surface area (Å²) in [6.07, 6.45) is 7.49. The summed E-state index contributed by atoms with van der Waals surface area (Å²) in [5, 5.41) is 15.2. The third kappa shape index (κ3) is 3.14. The summed E-state index contributed by atoms with van der Waals surface area (Å²) in [6, 6.07) is 2.10. The Labute approximate surface area is 110 Å². The van der Waals surface area contributed by atoms with E-state index in [1.807, 2.05) is 18.7 Å². The average Bonchev–Trinajstić information content (AvgIpc) is 2.51. The summed E-state index contributed by atoms with van der Waals surface area (Å²) in [7, 11) is 1.97. The van der Waals surface area contributed by atoms with E-state index in [9.17, 15) is 5.11 Å². The number of aryl methyl sites for hydroxylation is 2. The number of nitrogens with zero attached hydrogens (tertiary/aromatic N) is 2. The van der Waals surface area contributed by atoms with Gasteiger partial charge in [0.05, 0.1) is 11.3 Å². The Kier molecular flexibility index (Phi) is 4.10. The van der Waals surface area contributed by atoms with Gasteiger partial charge in [-0.1, -0.05) is 26.2 Å². The number of hydrogen-bond donors (Lipinski definition) is 1. The molecule has 18 heavy (non-hydrogen) atoms. The molecule has 1 aromatic rings. The van der Waals surface area contributed by atoms with Gasteiger partial charge >= 0.3 is 0 Å². The van der Waals surface area contributed by atoms with Crippen LogP contribution in [0.4, 0.5) is 0 Å². The topological polar surface area (TPSA) is 38.1 Å². The molecule has 1 aliphatic rings. The summed E-state index contributed by atoms with van der Waals surface area (Å²) in [5.74, 6) is 0.812. The second-order valence-electron chi connectivity index (χ2n) is 6.01. The van der Waals surface area contributed by atoms with Gasteiger partial charge in [0.2, 0.25) is 0 Å². The first-order chi connectivity index (χ1) is 8.52. The molecule has 0 spiro atoms. The molecule has 2 rings (SSSR count). The van der Waals surface area contributed by atoms with Crippen LogP contribution in [0, 0.1) is 12.8 Å². The van der Waals surface area contributed by atoms with Gasteiger partial charge in [0.25, 0.3) is 0 Å². The fourth-order valence-corrected chi connectivity index (χ4v) is 3.21. The molecule has 1 aliphatic carbocycles. The molecule has 1 heterocycles. The predicted molar refractivity (Wildman–Crippen MR) is 73.5 cm³/mol. The molecule has 0 saturated heterocycles. The van der Waals surface area contributed by atoms with Crippen molar-refractivity contribution >= 4 is 0 Å². The second-order valence-corrected chi connectivity index (χ2v) is 6.01. The Morgan fingerprint density at radius 2 is 2.22 bits per heavy atom. The first-order valence-corrected chi connectivity index (χ1v) is 7.24. The fourth-order valence-electron chi connectivity index (χ4n) is 3.21. The zero-order valence-electron chi connectivity index (χ0n) is 11.9. The highest BCUT2D eigenvalue weighted by Gasteiger charge is 2.31. The Balaban J connectivity index is 2.05. The van der Waals surface area contributed by atoms with Crippen LogP contribution in [-0.4, -0.2) is 20.5 Å². The van der Waals surface area contributed by atoms with Crippen LogP contribution in [0.2, 0.25) is 0 Å². The second kappa shape index (κ2) is 5.43. The molecule has 0 bridgehead atoms. The molecule has 3 heteroatoms. The summed E-state index contributed by atoms with van der Waals surface area (Å²) < 4.78 is 1.91. The Bertz CT molecular complexity index is 399. The lowest BCUT2D eigenvalue weighted by Crippen LogP contribution is -2.31. The van der Waals surface area contributed by atoms with E-state index < -0.39 is 5.60 Å². The highest BCUT2D eigenvalue weighted by atomic mass is 16.3. The van der Waals surface area contributed by atoms with E-state index in [-0.39, 0.29) is 0 Å². The van der Waals surface area contributed by atoms with Gasteiger partial charge in [-0.15, -0.1) is 0 Å². The van der Waals surface area contributed by atoms with Crippen molar-refractivity contribution in [1.29, 1.82) is 0 Å². The third-order valence-electron chi connectivity index (χ3n) is 4.46. The Morgan fingerprint density at radius 3 is 2.83 bits per heavy atom. The van der Waals surface area contributed by atoms with E-state index >= 15 is 0 Å². The standard InChI is InChI=1S/C15H26N2O/c1-4-13-6-5-8-15(18,9-7-13)11-14-10-12(2)16-17(14)3/h10,13,18H,4-9,11H2,1-3H3. The maximum absolute atomic E-state index is 10.8. The normalized spacial score (nSPS) is 29.2.